The Morgan fingerprint density at radius 2 is 2.12 bits per heavy atom. The van der Waals surface area contributed by atoms with Crippen LogP contribution in [0.3, 0.4) is 0 Å². The molecule has 0 bridgehead atoms. The van der Waals surface area contributed by atoms with Crippen LogP contribution in [0.25, 0.3) is 10.9 Å². The topological polar surface area (TPSA) is 54.9 Å². The fourth-order valence-corrected chi connectivity index (χ4v) is 2.18. The number of aromatic nitrogens is 2. The van der Waals surface area contributed by atoms with Crippen molar-refractivity contribution in [3.8, 4) is 0 Å². The standard InChI is InChI=1S/C12H11ClN2O2/c13-8-3-4-10-9(5-8)11(16)14-12(17)15(10)6-7-1-2-7/h3-5,7H,1-2,6H2,(H,14,16,17). The molecule has 1 heterocycles. The summed E-state index contributed by atoms with van der Waals surface area (Å²) in [6, 6.07) is 5.03. The van der Waals surface area contributed by atoms with Crippen LogP contribution in [-0.4, -0.2) is 9.55 Å². The number of halogens is 1. The number of rotatable bonds is 2. The number of H-pyrrole nitrogens is 1. The maximum absolute atomic E-state index is 11.8. The average molecular weight is 251 g/mol. The number of hydrogen-bond acceptors (Lipinski definition) is 2. The van der Waals surface area contributed by atoms with Crippen LogP contribution in [0.1, 0.15) is 12.8 Å². The molecule has 1 aliphatic carbocycles. The molecule has 1 N–H and O–H groups in total. The lowest BCUT2D eigenvalue weighted by atomic mass is 10.2. The molecular weight excluding hydrogens is 240 g/mol. The molecule has 0 spiro atoms. The molecule has 17 heavy (non-hydrogen) atoms. The average Bonchev–Trinajstić information content (AvgIpc) is 3.08. The molecule has 0 saturated heterocycles. The van der Waals surface area contributed by atoms with Gasteiger partial charge in [0.05, 0.1) is 10.9 Å². The van der Waals surface area contributed by atoms with Crippen LogP contribution in [0.2, 0.25) is 5.02 Å². The molecule has 0 amide bonds. The summed E-state index contributed by atoms with van der Waals surface area (Å²) in [5.41, 5.74) is -0.0497. The van der Waals surface area contributed by atoms with Gasteiger partial charge in [0, 0.05) is 11.6 Å². The Labute approximate surface area is 102 Å². The van der Waals surface area contributed by atoms with Gasteiger partial charge >= 0.3 is 5.69 Å². The quantitative estimate of drug-likeness (QED) is 0.883. The third-order valence-corrected chi connectivity index (χ3v) is 3.33. The molecule has 2 aromatic rings. The number of hydrogen-bond donors (Lipinski definition) is 1. The molecule has 3 rings (SSSR count). The predicted molar refractivity (Wildman–Crippen MR) is 66.6 cm³/mol. The number of benzene rings is 1. The van der Waals surface area contributed by atoms with Gasteiger partial charge in [-0.1, -0.05) is 11.6 Å². The first-order chi connectivity index (χ1) is 8.15. The van der Waals surface area contributed by atoms with Crippen LogP contribution in [0, 0.1) is 5.92 Å². The van der Waals surface area contributed by atoms with Crippen molar-refractivity contribution >= 4 is 22.5 Å². The van der Waals surface area contributed by atoms with Gasteiger partial charge in [0.15, 0.2) is 0 Å². The number of nitrogens with one attached hydrogen (secondary N) is 1. The largest absolute Gasteiger partial charge is 0.328 e. The maximum atomic E-state index is 11.8. The smallest absolute Gasteiger partial charge is 0.293 e. The molecule has 88 valence electrons. The SMILES string of the molecule is O=c1[nH]c(=O)n(CC2CC2)c2ccc(Cl)cc12. The second-order valence-corrected chi connectivity index (χ2v) is 4.91. The number of nitrogens with zero attached hydrogens (tertiary/aromatic N) is 1. The lowest BCUT2D eigenvalue weighted by molar-refractivity contribution is 0.611. The summed E-state index contributed by atoms with van der Waals surface area (Å²) >= 11 is 5.86. The molecule has 1 aromatic carbocycles. The molecule has 0 unspecified atom stereocenters. The van der Waals surface area contributed by atoms with Crippen LogP contribution >= 0.6 is 11.6 Å². The van der Waals surface area contributed by atoms with E-state index in [4.69, 9.17) is 11.6 Å². The van der Waals surface area contributed by atoms with Crippen LogP contribution in [0.15, 0.2) is 27.8 Å². The van der Waals surface area contributed by atoms with Gasteiger partial charge in [-0.2, -0.15) is 0 Å². The molecule has 4 nitrogen and oxygen atoms in total. The fraction of sp³-hybridized carbons (Fsp3) is 0.333. The normalized spacial score (nSPS) is 15.4. The first-order valence-corrected chi connectivity index (χ1v) is 5.95. The molecular formula is C12H11ClN2O2. The lowest BCUT2D eigenvalue weighted by Crippen LogP contribution is -2.30. The highest BCUT2D eigenvalue weighted by Gasteiger charge is 2.23. The lowest BCUT2D eigenvalue weighted by Gasteiger charge is -2.08. The molecule has 1 saturated carbocycles. The van der Waals surface area contributed by atoms with Crippen molar-refractivity contribution in [3.63, 3.8) is 0 Å². The predicted octanol–water partition coefficient (Wildman–Crippen LogP) is 1.75. The highest BCUT2D eigenvalue weighted by molar-refractivity contribution is 6.31. The van der Waals surface area contributed by atoms with E-state index in [2.05, 4.69) is 4.98 Å². The molecule has 5 heteroatoms. The number of aromatic amines is 1. The Morgan fingerprint density at radius 1 is 1.35 bits per heavy atom. The molecule has 0 atom stereocenters. The van der Waals surface area contributed by atoms with Gasteiger partial charge in [-0.05, 0) is 37.0 Å². The second kappa shape index (κ2) is 3.74. The Balaban J connectivity index is 2.32. The first kappa shape index (κ1) is 10.6. The van der Waals surface area contributed by atoms with Crippen molar-refractivity contribution in [3.05, 3.63) is 44.1 Å². The number of fused-ring (bicyclic) bond motifs is 1. The summed E-state index contributed by atoms with van der Waals surface area (Å²) in [7, 11) is 0. The van der Waals surface area contributed by atoms with E-state index in [1.807, 2.05) is 0 Å². The minimum Gasteiger partial charge on any atom is -0.293 e. The zero-order valence-corrected chi connectivity index (χ0v) is 9.83. The van der Waals surface area contributed by atoms with Gasteiger partial charge in [0.1, 0.15) is 0 Å². The van der Waals surface area contributed by atoms with Gasteiger partial charge in [-0.15, -0.1) is 0 Å². The van der Waals surface area contributed by atoms with Crippen molar-refractivity contribution < 1.29 is 0 Å². The summed E-state index contributed by atoms with van der Waals surface area (Å²) in [5.74, 6) is 0.567. The van der Waals surface area contributed by atoms with Crippen molar-refractivity contribution in [2.24, 2.45) is 5.92 Å². The summed E-state index contributed by atoms with van der Waals surface area (Å²) < 4.78 is 1.63. The summed E-state index contributed by atoms with van der Waals surface area (Å²) in [4.78, 5) is 25.8. The van der Waals surface area contributed by atoms with Gasteiger partial charge in [-0.3, -0.25) is 14.3 Å². The van der Waals surface area contributed by atoms with Crippen LogP contribution in [0.5, 0.6) is 0 Å². The van der Waals surface area contributed by atoms with E-state index in [-0.39, 0.29) is 11.2 Å². The summed E-state index contributed by atoms with van der Waals surface area (Å²) in [6.45, 7) is 0.674. The van der Waals surface area contributed by atoms with Gasteiger partial charge in [0.25, 0.3) is 5.56 Å². The molecule has 0 radical (unpaired) electrons. The minimum atomic E-state index is -0.375. The van der Waals surface area contributed by atoms with E-state index >= 15 is 0 Å². The zero-order chi connectivity index (χ0) is 12.0. The van der Waals surface area contributed by atoms with E-state index in [0.717, 1.165) is 12.8 Å². The van der Waals surface area contributed by atoms with E-state index in [1.54, 1.807) is 22.8 Å². The minimum absolute atomic E-state index is 0.336. The first-order valence-electron chi connectivity index (χ1n) is 5.57. The van der Waals surface area contributed by atoms with E-state index in [9.17, 15) is 9.59 Å². The maximum Gasteiger partial charge on any atom is 0.328 e. The molecule has 1 fully saturated rings. The van der Waals surface area contributed by atoms with Gasteiger partial charge < -0.3 is 0 Å². The van der Waals surface area contributed by atoms with Crippen molar-refractivity contribution in [2.45, 2.75) is 19.4 Å². The Kier molecular flexibility index (Phi) is 2.33. The van der Waals surface area contributed by atoms with E-state index < -0.39 is 0 Å². The second-order valence-electron chi connectivity index (χ2n) is 4.47. The van der Waals surface area contributed by atoms with Crippen molar-refractivity contribution in [1.29, 1.82) is 0 Å². The summed E-state index contributed by atoms with van der Waals surface area (Å²) in [6.07, 6.45) is 2.31. The van der Waals surface area contributed by atoms with Gasteiger partial charge in [-0.25, -0.2) is 4.79 Å². The van der Waals surface area contributed by atoms with Crippen molar-refractivity contribution in [1.82, 2.24) is 9.55 Å². The fourth-order valence-electron chi connectivity index (χ4n) is 2.01. The third kappa shape index (κ3) is 1.89. The highest BCUT2D eigenvalue weighted by atomic mass is 35.5. The van der Waals surface area contributed by atoms with Crippen LogP contribution < -0.4 is 11.2 Å². The van der Waals surface area contributed by atoms with E-state index in [0.29, 0.717) is 28.4 Å². The Morgan fingerprint density at radius 3 is 2.82 bits per heavy atom. The van der Waals surface area contributed by atoms with Crippen LogP contribution in [0.4, 0.5) is 0 Å². The molecule has 0 aliphatic heterocycles. The van der Waals surface area contributed by atoms with E-state index in [1.165, 1.54) is 0 Å². The Bertz CT molecular complexity index is 698. The van der Waals surface area contributed by atoms with Crippen LogP contribution in [-0.2, 0) is 6.54 Å². The third-order valence-electron chi connectivity index (χ3n) is 3.10. The Hall–Kier alpha value is -1.55. The molecule has 1 aromatic heterocycles. The zero-order valence-electron chi connectivity index (χ0n) is 9.07. The van der Waals surface area contributed by atoms with Gasteiger partial charge in [0.2, 0.25) is 0 Å². The highest BCUT2D eigenvalue weighted by Crippen LogP contribution is 2.30. The summed E-state index contributed by atoms with van der Waals surface area (Å²) in [5, 5.41) is 0.970. The van der Waals surface area contributed by atoms with Crippen molar-refractivity contribution in [2.75, 3.05) is 0 Å². The molecule has 1 aliphatic rings. The monoisotopic (exact) mass is 250 g/mol.